The van der Waals surface area contributed by atoms with Crippen LogP contribution in [0.15, 0.2) is 53.4 Å². The van der Waals surface area contributed by atoms with E-state index >= 15 is 0 Å². The molecule has 0 radical (unpaired) electrons. The van der Waals surface area contributed by atoms with Crippen molar-refractivity contribution in [3.05, 3.63) is 64.1 Å². The molecule has 0 saturated carbocycles. The summed E-state index contributed by atoms with van der Waals surface area (Å²) < 4.78 is 33.0. The zero-order chi connectivity index (χ0) is 17.9. The van der Waals surface area contributed by atoms with Crippen molar-refractivity contribution in [2.45, 2.75) is 30.4 Å². The van der Waals surface area contributed by atoms with Crippen molar-refractivity contribution >= 4 is 33.2 Å². The third kappa shape index (κ3) is 4.54. The van der Waals surface area contributed by atoms with Gasteiger partial charge in [-0.05, 0) is 42.7 Å². The molecule has 0 spiro atoms. The molecule has 2 aromatic carbocycles. The summed E-state index contributed by atoms with van der Waals surface area (Å²) in [4.78, 5) is 0.215. The molecule has 1 unspecified atom stereocenters. The van der Waals surface area contributed by atoms with Gasteiger partial charge in [0.05, 0.1) is 17.6 Å². The number of hydrogen-bond acceptors (Lipinski definition) is 3. The molecular weight excluding hydrogens is 381 g/mol. The van der Waals surface area contributed by atoms with Gasteiger partial charge in [-0.25, -0.2) is 8.42 Å². The number of halogens is 2. The van der Waals surface area contributed by atoms with Gasteiger partial charge in [-0.3, -0.25) is 0 Å². The van der Waals surface area contributed by atoms with Crippen molar-refractivity contribution < 1.29 is 13.2 Å². The van der Waals surface area contributed by atoms with Gasteiger partial charge in [-0.2, -0.15) is 4.31 Å². The first-order chi connectivity index (χ1) is 12.0. The second-order valence-corrected chi connectivity index (χ2v) is 8.77. The van der Waals surface area contributed by atoms with Gasteiger partial charge in [0.2, 0.25) is 10.0 Å². The molecule has 0 bridgehead atoms. The van der Waals surface area contributed by atoms with Gasteiger partial charge in [0.25, 0.3) is 0 Å². The van der Waals surface area contributed by atoms with Gasteiger partial charge in [0.15, 0.2) is 0 Å². The van der Waals surface area contributed by atoms with E-state index in [-0.39, 0.29) is 11.0 Å². The lowest BCUT2D eigenvalue weighted by atomic mass is 10.1. The van der Waals surface area contributed by atoms with Crippen LogP contribution in [0.2, 0.25) is 10.0 Å². The van der Waals surface area contributed by atoms with E-state index in [1.54, 1.807) is 18.2 Å². The highest BCUT2D eigenvalue weighted by Gasteiger charge is 2.30. The fourth-order valence-corrected chi connectivity index (χ4v) is 4.86. The highest BCUT2D eigenvalue weighted by Crippen LogP contribution is 2.25. The minimum Gasteiger partial charge on any atom is -0.372 e. The van der Waals surface area contributed by atoms with Crippen molar-refractivity contribution in [3.63, 3.8) is 0 Å². The Morgan fingerprint density at radius 3 is 2.68 bits per heavy atom. The number of hydrogen-bond donors (Lipinski definition) is 0. The average Bonchev–Trinajstić information content (AvgIpc) is 2.61. The van der Waals surface area contributed by atoms with Crippen LogP contribution in [0, 0.1) is 0 Å². The maximum atomic E-state index is 12.8. The third-order valence-corrected chi connectivity index (χ3v) is 6.67. The third-order valence-electron chi connectivity index (χ3n) is 4.21. The zero-order valence-electron chi connectivity index (χ0n) is 13.6. The van der Waals surface area contributed by atoms with Crippen LogP contribution in [0.1, 0.15) is 18.4 Å². The number of piperidine rings is 1. The highest BCUT2D eigenvalue weighted by atomic mass is 35.5. The van der Waals surface area contributed by atoms with E-state index < -0.39 is 10.0 Å². The Balaban J connectivity index is 1.67. The predicted octanol–water partition coefficient (Wildman–Crippen LogP) is 4.36. The van der Waals surface area contributed by atoms with Crippen LogP contribution in [0.25, 0.3) is 0 Å². The summed E-state index contributed by atoms with van der Waals surface area (Å²) in [7, 11) is -3.57. The quantitative estimate of drug-likeness (QED) is 0.749. The summed E-state index contributed by atoms with van der Waals surface area (Å²) in [5, 5.41) is 1.06. The predicted molar refractivity (Wildman–Crippen MR) is 99.5 cm³/mol. The number of ether oxygens (including phenoxy) is 1. The summed E-state index contributed by atoms with van der Waals surface area (Å²) in [6, 6.07) is 13.8. The molecule has 2 aromatic rings. The molecule has 3 rings (SSSR count). The zero-order valence-corrected chi connectivity index (χ0v) is 15.9. The monoisotopic (exact) mass is 399 g/mol. The van der Waals surface area contributed by atoms with Crippen LogP contribution in [0.4, 0.5) is 0 Å². The van der Waals surface area contributed by atoms with E-state index in [0.717, 1.165) is 18.4 Å². The normalized spacial score (nSPS) is 19.0. The van der Waals surface area contributed by atoms with Crippen LogP contribution < -0.4 is 0 Å². The van der Waals surface area contributed by atoms with Gasteiger partial charge in [0.1, 0.15) is 0 Å². The van der Waals surface area contributed by atoms with Crippen molar-refractivity contribution in [1.82, 2.24) is 4.31 Å². The molecule has 1 heterocycles. The lowest BCUT2D eigenvalue weighted by molar-refractivity contribution is 0.00814. The molecule has 7 heteroatoms. The maximum Gasteiger partial charge on any atom is 0.243 e. The van der Waals surface area contributed by atoms with Crippen LogP contribution in [-0.4, -0.2) is 31.9 Å². The molecule has 1 saturated heterocycles. The van der Waals surface area contributed by atoms with E-state index in [4.69, 9.17) is 27.9 Å². The summed E-state index contributed by atoms with van der Waals surface area (Å²) in [6.07, 6.45) is 1.43. The van der Waals surface area contributed by atoms with Crippen molar-refractivity contribution in [1.29, 1.82) is 0 Å². The van der Waals surface area contributed by atoms with E-state index in [9.17, 15) is 8.42 Å². The first-order valence-corrected chi connectivity index (χ1v) is 10.3. The molecular formula is C18H19Cl2NO3S. The lowest BCUT2D eigenvalue weighted by Crippen LogP contribution is -2.43. The molecule has 25 heavy (non-hydrogen) atoms. The molecule has 0 N–H and O–H groups in total. The lowest BCUT2D eigenvalue weighted by Gasteiger charge is -2.32. The number of rotatable bonds is 5. The standard InChI is InChI=1S/C18H19Cl2NO3S/c19-15-6-3-8-17(11-15)25(22,23)21-10-4-7-16(12-21)24-13-14-5-1-2-9-18(14)20/h1-3,5-6,8-9,11,16H,4,7,10,12-13H2. The molecule has 1 fully saturated rings. The Bertz CT molecular complexity index is 842. The van der Waals surface area contributed by atoms with E-state index in [1.165, 1.54) is 10.4 Å². The molecule has 1 atom stereocenters. The Morgan fingerprint density at radius 1 is 1.12 bits per heavy atom. The first-order valence-electron chi connectivity index (χ1n) is 8.07. The Morgan fingerprint density at radius 2 is 1.92 bits per heavy atom. The SMILES string of the molecule is O=S(=O)(c1cccc(Cl)c1)N1CCCC(OCc2ccccc2Cl)C1. The minimum atomic E-state index is -3.57. The van der Waals surface area contributed by atoms with E-state index in [0.29, 0.717) is 29.7 Å². The average molecular weight is 400 g/mol. The fourth-order valence-electron chi connectivity index (χ4n) is 2.86. The molecule has 134 valence electrons. The topological polar surface area (TPSA) is 46.6 Å². The summed E-state index contributed by atoms with van der Waals surface area (Å²) >= 11 is 12.1. The van der Waals surface area contributed by atoms with Crippen molar-refractivity contribution in [2.24, 2.45) is 0 Å². The second-order valence-electron chi connectivity index (χ2n) is 5.99. The van der Waals surface area contributed by atoms with Crippen molar-refractivity contribution in [2.75, 3.05) is 13.1 Å². The fraction of sp³-hybridized carbons (Fsp3) is 0.333. The summed E-state index contributed by atoms with van der Waals surface area (Å²) in [5.74, 6) is 0. The smallest absolute Gasteiger partial charge is 0.243 e. The largest absolute Gasteiger partial charge is 0.372 e. The summed E-state index contributed by atoms with van der Waals surface area (Å²) in [5.41, 5.74) is 0.902. The van der Waals surface area contributed by atoms with E-state index in [2.05, 4.69) is 0 Å². The van der Waals surface area contributed by atoms with Gasteiger partial charge >= 0.3 is 0 Å². The maximum absolute atomic E-state index is 12.8. The minimum absolute atomic E-state index is 0.154. The number of nitrogens with zero attached hydrogens (tertiary/aromatic N) is 1. The number of benzene rings is 2. The van der Waals surface area contributed by atoms with Gasteiger partial charge in [-0.1, -0.05) is 47.5 Å². The molecule has 4 nitrogen and oxygen atoms in total. The Hall–Kier alpha value is -1.11. The second kappa shape index (κ2) is 8.06. The summed E-state index contributed by atoms with van der Waals surface area (Å²) in [6.45, 7) is 1.19. The van der Waals surface area contributed by atoms with Gasteiger partial charge < -0.3 is 4.74 Å². The highest BCUT2D eigenvalue weighted by molar-refractivity contribution is 7.89. The van der Waals surface area contributed by atoms with Crippen LogP contribution in [0.5, 0.6) is 0 Å². The number of sulfonamides is 1. The first kappa shape index (κ1) is 18.7. The molecule has 1 aliphatic heterocycles. The molecule has 0 aromatic heterocycles. The molecule has 0 aliphatic carbocycles. The van der Waals surface area contributed by atoms with Crippen LogP contribution in [-0.2, 0) is 21.4 Å². The van der Waals surface area contributed by atoms with Gasteiger partial charge in [0, 0.05) is 23.1 Å². The van der Waals surface area contributed by atoms with Gasteiger partial charge in [-0.15, -0.1) is 0 Å². The molecule has 1 aliphatic rings. The Kier molecular flexibility index (Phi) is 6.02. The van der Waals surface area contributed by atoms with Crippen LogP contribution in [0.3, 0.4) is 0 Å². The Labute approximate surface area is 158 Å². The van der Waals surface area contributed by atoms with E-state index in [1.807, 2.05) is 24.3 Å². The molecule has 0 amide bonds. The van der Waals surface area contributed by atoms with Crippen LogP contribution >= 0.6 is 23.2 Å². The van der Waals surface area contributed by atoms with Crippen molar-refractivity contribution in [3.8, 4) is 0 Å².